The number of nitrogens with zero attached hydrogens (tertiary/aromatic N) is 8. The van der Waals surface area contributed by atoms with Crippen LogP contribution in [-0.2, 0) is 20.2 Å². The molecule has 0 saturated carbocycles. The van der Waals surface area contributed by atoms with Crippen LogP contribution < -0.4 is 34.7 Å². The van der Waals surface area contributed by atoms with Gasteiger partial charge in [0.15, 0.2) is 5.75 Å². The number of ether oxygens (including phenoxy) is 5. The number of aromatic hydroxyl groups is 1. The molecule has 7 rings (SSSR count). The van der Waals surface area contributed by atoms with E-state index in [0.717, 1.165) is 17.2 Å². The first-order valence-corrected chi connectivity index (χ1v) is 25.7. The average Bonchev–Trinajstić information content (AvgIpc) is 3.38. The summed E-state index contributed by atoms with van der Waals surface area (Å²) >= 11 is 0. The summed E-state index contributed by atoms with van der Waals surface area (Å²) in [5.74, 6) is -0.776. The summed E-state index contributed by atoms with van der Waals surface area (Å²) < 4.78 is 96.0. The first-order chi connectivity index (χ1) is 36.2. The molecule has 1 amide bonds. The van der Waals surface area contributed by atoms with E-state index in [1.807, 2.05) is 32.0 Å². The molecule has 76 heavy (non-hydrogen) atoms. The predicted octanol–water partition coefficient (Wildman–Crippen LogP) is 12.9. The number of amides is 1. The molecule has 394 valence electrons. The van der Waals surface area contributed by atoms with Crippen LogP contribution in [0.25, 0.3) is 10.8 Å². The maximum atomic E-state index is 12.8. The van der Waals surface area contributed by atoms with Gasteiger partial charge in [-0.2, -0.15) is 27.1 Å². The highest BCUT2D eigenvalue weighted by Gasteiger charge is 2.24. The van der Waals surface area contributed by atoms with Crippen molar-refractivity contribution in [2.75, 3.05) is 51.8 Å². The molecule has 0 fully saturated rings. The van der Waals surface area contributed by atoms with Gasteiger partial charge in [0.1, 0.15) is 67.8 Å². The zero-order valence-corrected chi connectivity index (χ0v) is 43.5. The Labute approximate surface area is 436 Å². The number of nitrogens with two attached hydrogens (primary N) is 1. The minimum absolute atomic E-state index is 0.00142. The van der Waals surface area contributed by atoms with Crippen LogP contribution in [-0.4, -0.2) is 77.8 Å². The third-order valence-electron chi connectivity index (χ3n) is 11.2. The van der Waals surface area contributed by atoms with Crippen LogP contribution in [0.5, 0.6) is 34.5 Å². The van der Waals surface area contributed by atoms with E-state index in [1.54, 1.807) is 31.2 Å². The fourth-order valence-corrected chi connectivity index (χ4v) is 8.48. The minimum atomic E-state index is -5.01. The number of hydrogen-bond donors (Lipinski definition) is 5. The van der Waals surface area contributed by atoms with Crippen LogP contribution in [0, 0.1) is 20.8 Å². The van der Waals surface area contributed by atoms with E-state index in [1.165, 1.54) is 83.0 Å². The quantitative estimate of drug-likeness (QED) is 0.0205. The van der Waals surface area contributed by atoms with E-state index < -0.39 is 48.2 Å². The molecule has 0 aliphatic rings. The lowest BCUT2D eigenvalue weighted by Gasteiger charge is -2.12. The lowest BCUT2D eigenvalue weighted by atomic mass is 10.1. The number of hydrogen-bond acceptors (Lipinski definition) is 20. The summed E-state index contributed by atoms with van der Waals surface area (Å²) in [6.07, 6.45) is -0.00142. The molecular formula is C51H50N10O13S2. The SMILES string of the molecule is COc1cc(N=Nc2cc(OC)c(N=Nc3c(S(=O)(=O)O)cc4cc(NC(=O)c5ccc(N)cc5)ccc4c3O)cc2OC)c(OC)cc1N=Nc1cc(OCCCS(=O)(=O)O)c(N=Nc2ccc(C)cc2C)cc1C. The maximum Gasteiger partial charge on any atom is 0.296 e. The molecule has 23 nitrogen and oxygen atoms in total. The number of carbonyl (C=O) groups excluding carboxylic acids is 1. The number of nitrogen functional groups attached to an aromatic ring is 1. The molecule has 7 aromatic carbocycles. The fraction of sp³-hybridized carbons (Fsp3) is 0.196. The number of carbonyl (C=O) groups is 1. The topological polar surface area (TPSA) is 329 Å². The van der Waals surface area contributed by atoms with Gasteiger partial charge in [-0.15, -0.1) is 30.7 Å². The highest BCUT2D eigenvalue weighted by molar-refractivity contribution is 7.86. The molecular weight excluding hydrogens is 1020 g/mol. The van der Waals surface area contributed by atoms with Crippen molar-refractivity contribution in [3.8, 4) is 34.5 Å². The molecule has 0 saturated heterocycles. The van der Waals surface area contributed by atoms with Crippen LogP contribution in [0.2, 0.25) is 0 Å². The van der Waals surface area contributed by atoms with Gasteiger partial charge < -0.3 is 39.8 Å². The number of nitrogens with one attached hydrogen (secondary N) is 1. The van der Waals surface area contributed by atoms with Gasteiger partial charge in [0.25, 0.3) is 26.1 Å². The molecule has 0 heterocycles. The second-order valence-corrected chi connectivity index (χ2v) is 19.6. The normalized spacial score (nSPS) is 12.1. The van der Waals surface area contributed by atoms with E-state index in [2.05, 4.69) is 46.2 Å². The Kier molecular flexibility index (Phi) is 17.0. The van der Waals surface area contributed by atoms with Gasteiger partial charge in [0, 0.05) is 52.7 Å². The molecule has 25 heteroatoms. The molecule has 7 aromatic rings. The third-order valence-corrected chi connectivity index (χ3v) is 12.9. The van der Waals surface area contributed by atoms with Crippen LogP contribution in [0.3, 0.4) is 0 Å². The van der Waals surface area contributed by atoms with Gasteiger partial charge in [-0.05, 0) is 104 Å². The van der Waals surface area contributed by atoms with E-state index in [0.29, 0.717) is 33.9 Å². The first kappa shape index (κ1) is 54.9. The number of rotatable bonds is 20. The Morgan fingerprint density at radius 3 is 1.57 bits per heavy atom. The van der Waals surface area contributed by atoms with Gasteiger partial charge in [-0.25, -0.2) is 0 Å². The van der Waals surface area contributed by atoms with Gasteiger partial charge in [0.05, 0.1) is 52.2 Å². The largest absolute Gasteiger partial charge is 0.505 e. The van der Waals surface area contributed by atoms with Crippen molar-refractivity contribution >= 4 is 93.8 Å². The van der Waals surface area contributed by atoms with E-state index in [4.69, 9.17) is 29.4 Å². The van der Waals surface area contributed by atoms with Crippen molar-refractivity contribution in [1.82, 2.24) is 0 Å². The third kappa shape index (κ3) is 13.4. The maximum absolute atomic E-state index is 12.8. The zero-order chi connectivity index (χ0) is 54.9. The smallest absolute Gasteiger partial charge is 0.296 e. The minimum Gasteiger partial charge on any atom is -0.505 e. The van der Waals surface area contributed by atoms with Crippen LogP contribution in [0.1, 0.15) is 33.5 Å². The van der Waals surface area contributed by atoms with Crippen LogP contribution >= 0.6 is 0 Å². The van der Waals surface area contributed by atoms with Crippen LogP contribution in [0.4, 0.5) is 56.9 Å². The van der Waals surface area contributed by atoms with E-state index in [9.17, 15) is 35.8 Å². The van der Waals surface area contributed by atoms with E-state index in [-0.39, 0.29) is 81.0 Å². The molecule has 0 atom stereocenters. The van der Waals surface area contributed by atoms with Gasteiger partial charge in [-0.3, -0.25) is 13.9 Å². The molecule has 0 bridgehead atoms. The van der Waals surface area contributed by atoms with Gasteiger partial charge >= 0.3 is 0 Å². The average molecular weight is 1080 g/mol. The molecule has 0 aliphatic carbocycles. The lowest BCUT2D eigenvalue weighted by molar-refractivity contribution is 0.102. The Balaban J connectivity index is 1.16. The van der Waals surface area contributed by atoms with Crippen molar-refractivity contribution in [2.24, 2.45) is 40.9 Å². The summed E-state index contributed by atoms with van der Waals surface area (Å²) in [5.41, 5.74) is 10.7. The molecule has 0 aliphatic heterocycles. The van der Waals surface area contributed by atoms with Crippen molar-refractivity contribution in [3.63, 3.8) is 0 Å². The Bertz CT molecular complexity index is 3720. The molecule has 0 radical (unpaired) electrons. The molecule has 6 N–H and O–H groups in total. The number of aryl methyl sites for hydroxylation is 3. The summed E-state index contributed by atoms with van der Waals surface area (Å²) in [7, 11) is -3.71. The Morgan fingerprint density at radius 2 is 1.05 bits per heavy atom. The predicted molar refractivity (Wildman–Crippen MR) is 284 cm³/mol. The number of anilines is 2. The number of phenolic OH excluding ortho intramolecular Hbond substituents is 1. The summed E-state index contributed by atoms with van der Waals surface area (Å²) in [6, 6.07) is 26.4. The highest BCUT2D eigenvalue weighted by atomic mass is 32.2. The number of fused-ring (bicyclic) bond motifs is 1. The standard InChI is InChI=1S/C51H50N10O13S2/c1-28-9-16-36(29(2)19-28)54-56-38-20-30(3)37(23-47(38)74-17-8-18-75(64,65)66)55-57-39-24-44(71-5)40(25-43(39)70-4)58-59-41-26-46(73-7)42(27-45(41)72-6)60-61-49-48(76(67,68)69)22-32-21-34(14-15-35(32)50(49)62)53-51(63)31-10-12-33(52)13-11-31/h9-16,19-27,62H,8,17-18,52H2,1-7H3,(H,53,63)(H,64,65,66)(H,67,68,69). The summed E-state index contributed by atoms with van der Waals surface area (Å²) in [5, 5.41) is 49.0. The monoisotopic (exact) mass is 1070 g/mol. The molecule has 0 unspecified atom stereocenters. The second-order valence-electron chi connectivity index (χ2n) is 16.6. The van der Waals surface area contributed by atoms with E-state index >= 15 is 0 Å². The lowest BCUT2D eigenvalue weighted by Crippen LogP contribution is -2.11. The van der Waals surface area contributed by atoms with Gasteiger partial charge in [-0.1, -0.05) is 17.7 Å². The Morgan fingerprint density at radius 1 is 0.566 bits per heavy atom. The van der Waals surface area contributed by atoms with Crippen molar-refractivity contribution < 1.29 is 59.5 Å². The first-order valence-electron chi connectivity index (χ1n) is 22.6. The molecule has 0 spiro atoms. The van der Waals surface area contributed by atoms with Crippen molar-refractivity contribution in [1.29, 1.82) is 0 Å². The number of azo groups is 4. The Hall–Kier alpha value is -8.91. The summed E-state index contributed by atoms with van der Waals surface area (Å²) in [6.45, 7) is 5.60. The van der Waals surface area contributed by atoms with Gasteiger partial charge in [0.2, 0.25) is 0 Å². The van der Waals surface area contributed by atoms with Crippen LogP contribution in [0.15, 0.2) is 149 Å². The molecule has 0 aromatic heterocycles. The fourth-order valence-electron chi connectivity index (χ4n) is 7.34. The number of phenols is 1. The van der Waals surface area contributed by atoms with Crippen molar-refractivity contribution in [3.05, 3.63) is 125 Å². The highest BCUT2D eigenvalue weighted by Crippen LogP contribution is 2.47. The number of benzene rings is 7. The zero-order valence-electron chi connectivity index (χ0n) is 41.8. The number of methoxy groups -OCH3 is 4. The summed E-state index contributed by atoms with van der Waals surface area (Å²) in [4.78, 5) is 12.1. The second kappa shape index (κ2) is 23.5. The van der Waals surface area contributed by atoms with Crippen molar-refractivity contribution in [2.45, 2.75) is 32.1 Å².